The van der Waals surface area contributed by atoms with Crippen LogP contribution < -0.4 is 15.8 Å². The average Bonchev–Trinajstić information content (AvgIpc) is 2.35. The summed E-state index contributed by atoms with van der Waals surface area (Å²) in [7, 11) is 0. The summed E-state index contributed by atoms with van der Waals surface area (Å²) in [5.41, 5.74) is 7.30. The van der Waals surface area contributed by atoms with Crippen molar-refractivity contribution in [2.24, 2.45) is 0 Å². The number of nitrogens with two attached hydrogens (primary N) is 1. The van der Waals surface area contributed by atoms with E-state index in [-0.39, 0.29) is 0 Å². The molecule has 0 amide bonds. The number of hydrogen-bond donors (Lipinski definition) is 2. The molecule has 0 aliphatic carbocycles. The molecule has 0 bridgehead atoms. The first kappa shape index (κ1) is 11.3. The summed E-state index contributed by atoms with van der Waals surface area (Å²) in [4.78, 5) is 4.25. The van der Waals surface area contributed by atoms with E-state index in [1.807, 2.05) is 43.3 Å². The van der Waals surface area contributed by atoms with Gasteiger partial charge < -0.3 is 15.8 Å². The van der Waals surface area contributed by atoms with Crippen molar-refractivity contribution in [3.63, 3.8) is 0 Å². The lowest BCUT2D eigenvalue weighted by atomic mass is 10.3. The van der Waals surface area contributed by atoms with Gasteiger partial charge >= 0.3 is 0 Å². The van der Waals surface area contributed by atoms with E-state index in [2.05, 4.69) is 10.3 Å². The Bertz CT molecular complexity index is 482. The Morgan fingerprint density at radius 3 is 2.71 bits per heavy atom. The van der Waals surface area contributed by atoms with Gasteiger partial charge in [-0.3, -0.25) is 0 Å². The molecule has 0 unspecified atom stereocenters. The molecule has 4 heteroatoms. The first-order valence-corrected chi connectivity index (χ1v) is 5.50. The van der Waals surface area contributed by atoms with Crippen molar-refractivity contribution < 1.29 is 4.74 Å². The summed E-state index contributed by atoms with van der Waals surface area (Å²) in [5, 5.41) is 3.19. The average molecular weight is 229 g/mol. The lowest BCUT2D eigenvalue weighted by Crippen LogP contribution is -1.99. The van der Waals surface area contributed by atoms with Gasteiger partial charge in [-0.25, -0.2) is 4.98 Å². The molecule has 2 aromatic rings. The molecule has 2 rings (SSSR count). The lowest BCUT2D eigenvalue weighted by Gasteiger charge is -2.10. The van der Waals surface area contributed by atoms with Crippen molar-refractivity contribution in [3.8, 4) is 5.75 Å². The Morgan fingerprint density at radius 2 is 2.00 bits per heavy atom. The highest BCUT2D eigenvalue weighted by Crippen LogP contribution is 2.25. The van der Waals surface area contributed by atoms with Gasteiger partial charge in [-0.15, -0.1) is 0 Å². The van der Waals surface area contributed by atoms with E-state index in [0.717, 1.165) is 17.1 Å². The number of aromatic nitrogens is 1. The van der Waals surface area contributed by atoms with Crippen LogP contribution in [0, 0.1) is 0 Å². The molecule has 3 N–H and O–H groups in total. The summed E-state index contributed by atoms with van der Waals surface area (Å²) < 4.78 is 5.48. The van der Waals surface area contributed by atoms with E-state index in [4.69, 9.17) is 10.5 Å². The molecule has 0 aliphatic rings. The van der Waals surface area contributed by atoms with Gasteiger partial charge in [-0.1, -0.05) is 0 Å². The number of pyridine rings is 1. The van der Waals surface area contributed by atoms with Gasteiger partial charge in [0.2, 0.25) is 0 Å². The minimum atomic E-state index is 0.613. The monoisotopic (exact) mass is 229 g/mol. The molecule has 0 atom stereocenters. The van der Waals surface area contributed by atoms with Gasteiger partial charge in [0.1, 0.15) is 0 Å². The van der Waals surface area contributed by atoms with E-state index in [9.17, 15) is 0 Å². The van der Waals surface area contributed by atoms with E-state index >= 15 is 0 Å². The maximum atomic E-state index is 5.63. The molecular weight excluding hydrogens is 214 g/mol. The summed E-state index contributed by atoms with van der Waals surface area (Å²) in [6.45, 7) is 2.56. The molecule has 0 spiro atoms. The Hall–Kier alpha value is -2.23. The maximum absolute atomic E-state index is 5.63. The molecule has 88 valence electrons. The molecule has 0 aliphatic heterocycles. The maximum Gasteiger partial charge on any atom is 0.173 e. The van der Waals surface area contributed by atoms with Gasteiger partial charge in [0.15, 0.2) is 11.6 Å². The largest absolute Gasteiger partial charge is 0.490 e. The Balaban J connectivity index is 2.20. The topological polar surface area (TPSA) is 60.2 Å². The van der Waals surface area contributed by atoms with E-state index in [0.29, 0.717) is 12.4 Å². The van der Waals surface area contributed by atoms with Crippen molar-refractivity contribution in [1.29, 1.82) is 0 Å². The zero-order valence-electron chi connectivity index (χ0n) is 9.68. The molecule has 4 nitrogen and oxygen atoms in total. The van der Waals surface area contributed by atoms with Gasteiger partial charge in [0, 0.05) is 17.6 Å². The van der Waals surface area contributed by atoms with Crippen LogP contribution >= 0.6 is 0 Å². The van der Waals surface area contributed by atoms with Crippen LogP contribution in [0.4, 0.5) is 17.2 Å². The van der Waals surface area contributed by atoms with Crippen molar-refractivity contribution in [2.75, 3.05) is 17.7 Å². The highest BCUT2D eigenvalue weighted by Gasteiger charge is 2.03. The van der Waals surface area contributed by atoms with Crippen LogP contribution in [0.25, 0.3) is 0 Å². The molecule has 17 heavy (non-hydrogen) atoms. The summed E-state index contributed by atoms with van der Waals surface area (Å²) in [5.74, 6) is 1.45. The van der Waals surface area contributed by atoms with Gasteiger partial charge in [0.05, 0.1) is 6.61 Å². The number of ether oxygens (including phenoxy) is 1. The first-order valence-electron chi connectivity index (χ1n) is 5.50. The van der Waals surface area contributed by atoms with Crippen LogP contribution in [0.15, 0.2) is 42.6 Å². The fourth-order valence-electron chi connectivity index (χ4n) is 1.46. The second-order valence-electron chi connectivity index (χ2n) is 3.53. The predicted molar refractivity (Wildman–Crippen MR) is 69.5 cm³/mol. The number of nitrogens with zero attached hydrogens (tertiary/aromatic N) is 1. The van der Waals surface area contributed by atoms with Crippen LogP contribution in [-0.2, 0) is 0 Å². The molecule has 1 aromatic carbocycles. The number of nitrogens with one attached hydrogen (secondary N) is 1. The Morgan fingerprint density at radius 1 is 1.24 bits per heavy atom. The predicted octanol–water partition coefficient (Wildman–Crippen LogP) is 2.81. The van der Waals surface area contributed by atoms with Crippen molar-refractivity contribution in [1.82, 2.24) is 4.98 Å². The zero-order valence-corrected chi connectivity index (χ0v) is 9.68. The molecule has 1 heterocycles. The Labute approximate surface area is 100 Å². The van der Waals surface area contributed by atoms with Crippen LogP contribution in [-0.4, -0.2) is 11.6 Å². The quantitative estimate of drug-likeness (QED) is 0.791. The third-order valence-electron chi connectivity index (χ3n) is 2.24. The standard InChI is InChI=1S/C13H15N3O/c1-2-17-12-4-3-9-15-13(12)16-11-7-5-10(14)6-8-11/h3-9H,2,14H2,1H3,(H,15,16). The van der Waals surface area contributed by atoms with Crippen LogP contribution in [0.5, 0.6) is 5.75 Å². The summed E-state index contributed by atoms with van der Waals surface area (Å²) in [6.07, 6.45) is 1.72. The smallest absolute Gasteiger partial charge is 0.173 e. The minimum Gasteiger partial charge on any atom is -0.490 e. The van der Waals surface area contributed by atoms with Gasteiger partial charge in [-0.05, 0) is 43.3 Å². The molecular formula is C13H15N3O. The fourth-order valence-corrected chi connectivity index (χ4v) is 1.46. The SMILES string of the molecule is CCOc1cccnc1Nc1ccc(N)cc1. The summed E-state index contributed by atoms with van der Waals surface area (Å²) >= 11 is 0. The highest BCUT2D eigenvalue weighted by atomic mass is 16.5. The van der Waals surface area contributed by atoms with Crippen molar-refractivity contribution in [3.05, 3.63) is 42.6 Å². The van der Waals surface area contributed by atoms with E-state index in [1.54, 1.807) is 6.20 Å². The number of rotatable bonds is 4. The second-order valence-corrected chi connectivity index (χ2v) is 3.53. The normalized spacial score (nSPS) is 9.94. The number of nitrogen functional groups attached to an aromatic ring is 1. The van der Waals surface area contributed by atoms with Gasteiger partial charge in [0.25, 0.3) is 0 Å². The van der Waals surface area contributed by atoms with Crippen molar-refractivity contribution >= 4 is 17.2 Å². The van der Waals surface area contributed by atoms with E-state index < -0.39 is 0 Å². The molecule has 0 radical (unpaired) electrons. The highest BCUT2D eigenvalue weighted by molar-refractivity contribution is 5.63. The van der Waals surface area contributed by atoms with Crippen LogP contribution in [0.1, 0.15) is 6.92 Å². The Kier molecular flexibility index (Phi) is 3.45. The third kappa shape index (κ3) is 2.87. The van der Waals surface area contributed by atoms with E-state index in [1.165, 1.54) is 0 Å². The molecule has 1 aromatic heterocycles. The zero-order chi connectivity index (χ0) is 12.1. The number of hydrogen-bond acceptors (Lipinski definition) is 4. The molecule has 0 saturated carbocycles. The third-order valence-corrected chi connectivity index (χ3v) is 2.24. The first-order chi connectivity index (χ1) is 8.29. The van der Waals surface area contributed by atoms with Gasteiger partial charge in [-0.2, -0.15) is 0 Å². The lowest BCUT2D eigenvalue weighted by molar-refractivity contribution is 0.341. The molecule has 0 fully saturated rings. The summed E-state index contributed by atoms with van der Waals surface area (Å²) in [6, 6.07) is 11.2. The van der Waals surface area contributed by atoms with Crippen LogP contribution in [0.2, 0.25) is 0 Å². The van der Waals surface area contributed by atoms with Crippen molar-refractivity contribution in [2.45, 2.75) is 6.92 Å². The number of benzene rings is 1. The second kappa shape index (κ2) is 5.21. The fraction of sp³-hybridized carbons (Fsp3) is 0.154. The number of anilines is 3. The van der Waals surface area contributed by atoms with Crippen LogP contribution in [0.3, 0.4) is 0 Å². The molecule has 0 saturated heterocycles. The minimum absolute atomic E-state index is 0.613.